The molecule has 9 nitrogen and oxygen atoms in total. The Labute approximate surface area is 191 Å². The van der Waals surface area contributed by atoms with Gasteiger partial charge in [-0.05, 0) is 26.0 Å². The van der Waals surface area contributed by atoms with Gasteiger partial charge in [0.25, 0.3) is 11.8 Å². The number of rotatable bonds is 2. The highest BCUT2D eigenvalue weighted by Gasteiger charge is 2.40. The Morgan fingerprint density at radius 3 is 2.55 bits per heavy atom. The molecule has 2 aliphatic rings. The summed E-state index contributed by atoms with van der Waals surface area (Å²) >= 11 is 0. The molecule has 0 saturated carbocycles. The van der Waals surface area contributed by atoms with Crippen molar-refractivity contribution in [2.45, 2.75) is 39.3 Å². The molecule has 3 amide bonds. The van der Waals surface area contributed by atoms with E-state index in [2.05, 4.69) is 15.2 Å². The van der Waals surface area contributed by atoms with Crippen molar-refractivity contribution in [1.82, 2.24) is 29.9 Å². The molecule has 0 aliphatic carbocycles. The third-order valence-corrected chi connectivity index (χ3v) is 6.78. The smallest absolute Gasteiger partial charge is 0.275 e. The van der Waals surface area contributed by atoms with Crippen LogP contribution in [0, 0.1) is 0 Å². The minimum atomic E-state index is -0.513. The summed E-state index contributed by atoms with van der Waals surface area (Å²) in [7, 11) is 0. The monoisotopic (exact) mass is 448 g/mol. The number of nitrogens with one attached hydrogen (secondary N) is 2. The number of nitrogens with zero attached hydrogens (tertiary/aromatic N) is 4. The zero-order valence-electron chi connectivity index (χ0n) is 19.1. The van der Waals surface area contributed by atoms with Crippen LogP contribution in [0.1, 0.15) is 53.0 Å². The average molecular weight is 449 g/mol. The Morgan fingerprint density at radius 2 is 1.82 bits per heavy atom. The molecule has 0 spiro atoms. The summed E-state index contributed by atoms with van der Waals surface area (Å²) in [4.78, 5) is 47.1. The molecule has 0 radical (unpaired) electrons. The minimum absolute atomic E-state index is 0.0125. The van der Waals surface area contributed by atoms with Gasteiger partial charge in [0, 0.05) is 61.7 Å². The lowest BCUT2D eigenvalue weighted by Gasteiger charge is -2.46. The second kappa shape index (κ2) is 7.75. The van der Waals surface area contributed by atoms with Crippen LogP contribution < -0.4 is 0 Å². The number of benzene rings is 1. The van der Waals surface area contributed by atoms with Crippen molar-refractivity contribution in [3.05, 3.63) is 53.0 Å². The molecule has 3 aromatic rings. The number of aromatic nitrogens is 3. The lowest BCUT2D eigenvalue weighted by molar-refractivity contribution is -0.133. The van der Waals surface area contributed by atoms with Crippen molar-refractivity contribution in [3.63, 3.8) is 0 Å². The first-order chi connectivity index (χ1) is 15.7. The zero-order valence-corrected chi connectivity index (χ0v) is 19.1. The van der Waals surface area contributed by atoms with Gasteiger partial charge in [-0.15, -0.1) is 0 Å². The molecule has 2 aliphatic heterocycles. The summed E-state index contributed by atoms with van der Waals surface area (Å²) in [5.74, 6) is -0.245. The number of aromatic amines is 2. The lowest BCUT2D eigenvalue weighted by Crippen LogP contribution is -2.62. The molecule has 1 fully saturated rings. The van der Waals surface area contributed by atoms with Crippen LogP contribution in [0.2, 0.25) is 0 Å². The molecule has 2 N–H and O–H groups in total. The minimum Gasteiger partial charge on any atom is -0.351 e. The van der Waals surface area contributed by atoms with Gasteiger partial charge in [0.2, 0.25) is 5.91 Å². The molecule has 9 heteroatoms. The predicted molar refractivity (Wildman–Crippen MR) is 123 cm³/mol. The number of piperazine rings is 1. The summed E-state index contributed by atoms with van der Waals surface area (Å²) in [6, 6.07) is 9.66. The number of carbonyl (C=O) groups is 3. The van der Waals surface area contributed by atoms with E-state index in [9.17, 15) is 14.4 Å². The Balaban J connectivity index is 1.37. The van der Waals surface area contributed by atoms with Gasteiger partial charge >= 0.3 is 0 Å². The Kier molecular flexibility index (Phi) is 4.99. The van der Waals surface area contributed by atoms with E-state index < -0.39 is 5.54 Å². The highest BCUT2D eigenvalue weighted by Crippen LogP contribution is 2.28. The third-order valence-electron chi connectivity index (χ3n) is 6.78. The first-order valence-corrected chi connectivity index (χ1v) is 11.3. The van der Waals surface area contributed by atoms with Crippen LogP contribution >= 0.6 is 0 Å². The fraction of sp³-hybridized carbons (Fsp3) is 0.417. The number of hydrogen-bond acceptors (Lipinski definition) is 4. The maximum absolute atomic E-state index is 13.5. The van der Waals surface area contributed by atoms with E-state index in [0.29, 0.717) is 50.5 Å². The van der Waals surface area contributed by atoms with Crippen LogP contribution in [0.3, 0.4) is 0 Å². The van der Waals surface area contributed by atoms with Crippen molar-refractivity contribution in [1.29, 1.82) is 0 Å². The van der Waals surface area contributed by atoms with Crippen LogP contribution in [-0.2, 0) is 17.8 Å². The van der Waals surface area contributed by atoms with Gasteiger partial charge in [-0.2, -0.15) is 5.10 Å². The first kappa shape index (κ1) is 21.2. The van der Waals surface area contributed by atoms with E-state index in [1.165, 1.54) is 0 Å². The quantitative estimate of drug-likeness (QED) is 0.627. The largest absolute Gasteiger partial charge is 0.351 e. The van der Waals surface area contributed by atoms with Crippen LogP contribution in [0.4, 0.5) is 0 Å². The number of H-pyrrole nitrogens is 2. The molecule has 5 rings (SSSR count). The number of amides is 3. The van der Waals surface area contributed by atoms with Crippen LogP contribution in [0.5, 0.6) is 0 Å². The third kappa shape index (κ3) is 3.67. The van der Waals surface area contributed by atoms with Gasteiger partial charge in [-0.1, -0.05) is 18.2 Å². The van der Waals surface area contributed by atoms with Gasteiger partial charge in [0.1, 0.15) is 5.69 Å². The molecule has 2 aromatic heterocycles. The number of para-hydroxylation sites is 1. The summed E-state index contributed by atoms with van der Waals surface area (Å²) in [6.07, 6.45) is 0.614. The molecule has 33 heavy (non-hydrogen) atoms. The molecule has 172 valence electrons. The SMILES string of the molecule is CC(=O)N1CCN(C(=O)c2n[nH]c3c2CN(C(=O)c2cc4ccccc4[nH]2)CC3)C(C)(C)C1. The summed E-state index contributed by atoms with van der Waals surface area (Å²) < 4.78 is 0. The maximum atomic E-state index is 13.5. The first-order valence-electron chi connectivity index (χ1n) is 11.3. The molecule has 0 unspecified atom stereocenters. The van der Waals surface area contributed by atoms with Crippen molar-refractivity contribution in [2.75, 3.05) is 26.2 Å². The van der Waals surface area contributed by atoms with Crippen molar-refractivity contribution < 1.29 is 14.4 Å². The van der Waals surface area contributed by atoms with Crippen molar-refractivity contribution in [3.8, 4) is 0 Å². The number of carbonyl (C=O) groups excluding carboxylic acids is 3. The van der Waals surface area contributed by atoms with Gasteiger partial charge in [-0.3, -0.25) is 19.5 Å². The normalized spacial score (nSPS) is 17.8. The van der Waals surface area contributed by atoms with E-state index in [1.807, 2.05) is 44.2 Å². The van der Waals surface area contributed by atoms with Gasteiger partial charge in [0.05, 0.1) is 12.1 Å². The zero-order chi connectivity index (χ0) is 23.3. The van der Waals surface area contributed by atoms with E-state index >= 15 is 0 Å². The fourth-order valence-corrected chi connectivity index (χ4v) is 4.93. The number of fused-ring (bicyclic) bond motifs is 2. The maximum Gasteiger partial charge on any atom is 0.275 e. The van der Waals surface area contributed by atoms with Crippen LogP contribution in [0.25, 0.3) is 10.9 Å². The van der Waals surface area contributed by atoms with Gasteiger partial charge < -0.3 is 19.7 Å². The van der Waals surface area contributed by atoms with Gasteiger partial charge in [0.15, 0.2) is 5.69 Å². The molecular formula is C24H28N6O3. The highest BCUT2D eigenvalue weighted by molar-refractivity contribution is 5.99. The topological polar surface area (TPSA) is 105 Å². The average Bonchev–Trinajstić information content (AvgIpc) is 3.41. The van der Waals surface area contributed by atoms with Crippen molar-refractivity contribution in [2.24, 2.45) is 0 Å². The molecule has 4 heterocycles. The van der Waals surface area contributed by atoms with E-state index in [1.54, 1.807) is 21.6 Å². The second-order valence-corrected chi connectivity index (χ2v) is 9.49. The van der Waals surface area contributed by atoms with Crippen LogP contribution in [0.15, 0.2) is 30.3 Å². The second-order valence-electron chi connectivity index (χ2n) is 9.49. The number of hydrogen-bond donors (Lipinski definition) is 2. The summed E-state index contributed by atoms with van der Waals surface area (Å²) in [5, 5.41) is 8.36. The lowest BCUT2D eigenvalue weighted by atomic mass is 9.96. The van der Waals surface area contributed by atoms with E-state index in [4.69, 9.17) is 0 Å². The highest BCUT2D eigenvalue weighted by atomic mass is 16.2. The van der Waals surface area contributed by atoms with Crippen LogP contribution in [-0.4, -0.2) is 79.3 Å². The van der Waals surface area contributed by atoms with Crippen molar-refractivity contribution >= 4 is 28.6 Å². The summed E-state index contributed by atoms with van der Waals surface area (Å²) in [5.41, 5.74) is 2.99. The Morgan fingerprint density at radius 1 is 1.03 bits per heavy atom. The summed E-state index contributed by atoms with van der Waals surface area (Å²) in [6.45, 7) is 7.79. The van der Waals surface area contributed by atoms with E-state index in [0.717, 1.165) is 22.2 Å². The standard InChI is InChI=1S/C24H28N6O3/c1-15(31)29-10-11-30(24(2,3)14-29)23(33)21-17-13-28(9-8-19(17)26-27-21)22(32)20-12-16-6-4-5-7-18(16)25-20/h4-7,12,25H,8-11,13-14H2,1-3H3,(H,26,27). The van der Waals surface area contributed by atoms with E-state index in [-0.39, 0.29) is 17.7 Å². The molecule has 1 saturated heterocycles. The van der Waals surface area contributed by atoms with Gasteiger partial charge in [-0.25, -0.2) is 0 Å². The molecule has 0 bridgehead atoms. The fourth-order valence-electron chi connectivity index (χ4n) is 4.93. The Hall–Kier alpha value is -3.62. The predicted octanol–water partition coefficient (Wildman–Crippen LogP) is 2.17. The molecular weight excluding hydrogens is 420 g/mol. The molecule has 1 aromatic carbocycles. The molecule has 0 atom stereocenters. The Bertz CT molecular complexity index is 1220.